The van der Waals surface area contributed by atoms with Crippen molar-refractivity contribution in [3.8, 4) is 0 Å². The fraction of sp³-hybridized carbons (Fsp3) is 0.125. The first kappa shape index (κ1) is 10.1. The van der Waals surface area contributed by atoms with Gasteiger partial charge in [0, 0.05) is 4.88 Å². The monoisotopic (exact) mass is 240 g/mol. The Bertz CT molecular complexity index is 490. The lowest BCUT2D eigenvalue weighted by Crippen LogP contribution is -2.09. The second-order valence-electron chi connectivity index (χ2n) is 2.81. The zero-order valence-electron chi connectivity index (χ0n) is 7.85. The molecule has 5 nitrogen and oxygen atoms in total. The third kappa shape index (κ3) is 2.31. The van der Waals surface area contributed by atoms with Gasteiger partial charge < -0.3 is 5.73 Å². The largest absolute Gasteiger partial charge is 0.374 e. The molecule has 0 unspecified atom stereocenters. The molecule has 0 fully saturated rings. The quantitative estimate of drug-likeness (QED) is 0.837. The van der Waals surface area contributed by atoms with Crippen molar-refractivity contribution >= 4 is 38.8 Å². The maximum absolute atomic E-state index is 11.6. The summed E-state index contributed by atoms with van der Waals surface area (Å²) in [6, 6.07) is 3.67. The Morgan fingerprint density at radius 2 is 2.20 bits per heavy atom. The Morgan fingerprint density at radius 3 is 2.73 bits per heavy atom. The number of hydrogen-bond acceptors (Lipinski definition) is 6. The number of aromatic nitrogens is 2. The van der Waals surface area contributed by atoms with Gasteiger partial charge in [0.1, 0.15) is 0 Å². The average Bonchev–Trinajstić information content (AvgIpc) is 2.75. The van der Waals surface area contributed by atoms with E-state index in [0.717, 1.165) is 16.2 Å². The van der Waals surface area contributed by atoms with Crippen molar-refractivity contribution in [1.82, 2.24) is 10.2 Å². The molecule has 15 heavy (non-hydrogen) atoms. The van der Waals surface area contributed by atoms with E-state index in [-0.39, 0.29) is 5.91 Å². The number of hydrogen-bond donors (Lipinski definition) is 2. The van der Waals surface area contributed by atoms with E-state index in [1.165, 1.54) is 11.3 Å². The summed E-state index contributed by atoms with van der Waals surface area (Å²) in [5, 5.41) is 10.7. The molecule has 1 amide bonds. The summed E-state index contributed by atoms with van der Waals surface area (Å²) in [7, 11) is 0. The molecule has 0 radical (unpaired) electrons. The van der Waals surface area contributed by atoms with Crippen LogP contribution in [0.3, 0.4) is 0 Å². The van der Waals surface area contributed by atoms with E-state index in [2.05, 4.69) is 15.5 Å². The zero-order valence-corrected chi connectivity index (χ0v) is 9.48. The van der Waals surface area contributed by atoms with Crippen molar-refractivity contribution in [3.05, 3.63) is 21.9 Å². The van der Waals surface area contributed by atoms with Gasteiger partial charge in [-0.3, -0.25) is 10.1 Å². The van der Waals surface area contributed by atoms with Gasteiger partial charge in [-0.15, -0.1) is 21.5 Å². The number of rotatable bonds is 2. The molecule has 0 bridgehead atoms. The highest BCUT2D eigenvalue weighted by Gasteiger charge is 2.10. The van der Waals surface area contributed by atoms with E-state index in [9.17, 15) is 4.79 Å². The van der Waals surface area contributed by atoms with E-state index >= 15 is 0 Å². The maximum atomic E-state index is 11.6. The Kier molecular flexibility index (Phi) is 2.65. The third-order valence-corrected chi connectivity index (χ3v) is 3.29. The molecule has 0 spiro atoms. The van der Waals surface area contributed by atoms with Crippen LogP contribution in [0.15, 0.2) is 12.1 Å². The second kappa shape index (κ2) is 3.95. The Morgan fingerprint density at radius 1 is 1.40 bits per heavy atom. The van der Waals surface area contributed by atoms with Crippen molar-refractivity contribution in [1.29, 1.82) is 0 Å². The Balaban J connectivity index is 2.10. The number of nitrogens with one attached hydrogen (secondary N) is 1. The molecular formula is C8H8N4OS2. The van der Waals surface area contributed by atoms with Gasteiger partial charge in [-0.2, -0.15) is 0 Å². The van der Waals surface area contributed by atoms with E-state index in [1.54, 1.807) is 6.07 Å². The number of nitrogens with zero attached hydrogens (tertiary/aromatic N) is 2. The van der Waals surface area contributed by atoms with Crippen LogP contribution >= 0.6 is 22.7 Å². The topological polar surface area (TPSA) is 80.9 Å². The van der Waals surface area contributed by atoms with Crippen molar-refractivity contribution in [2.24, 2.45) is 0 Å². The summed E-state index contributed by atoms with van der Waals surface area (Å²) in [4.78, 5) is 13.4. The highest BCUT2D eigenvalue weighted by atomic mass is 32.1. The molecule has 0 aromatic carbocycles. The maximum Gasteiger partial charge on any atom is 0.267 e. The molecule has 0 saturated carbocycles. The minimum Gasteiger partial charge on any atom is -0.374 e. The van der Waals surface area contributed by atoms with Gasteiger partial charge >= 0.3 is 0 Å². The summed E-state index contributed by atoms with van der Waals surface area (Å²) >= 11 is 2.58. The molecule has 0 aliphatic heterocycles. The first-order valence-electron chi connectivity index (χ1n) is 4.12. The van der Waals surface area contributed by atoms with Crippen molar-refractivity contribution in [3.63, 3.8) is 0 Å². The molecule has 2 rings (SSSR count). The van der Waals surface area contributed by atoms with Crippen LogP contribution in [-0.2, 0) is 0 Å². The number of amides is 1. The molecule has 2 aromatic heterocycles. The minimum atomic E-state index is -0.177. The van der Waals surface area contributed by atoms with Crippen LogP contribution in [0.25, 0.3) is 0 Å². The molecule has 0 saturated heterocycles. The fourth-order valence-corrected chi connectivity index (χ4v) is 2.27. The fourth-order valence-electron chi connectivity index (χ4n) is 1.00. The van der Waals surface area contributed by atoms with E-state index in [4.69, 9.17) is 5.73 Å². The lowest BCUT2D eigenvalue weighted by molar-refractivity contribution is 0.103. The lowest BCUT2D eigenvalue weighted by atomic mass is 10.4. The van der Waals surface area contributed by atoms with Crippen LogP contribution in [-0.4, -0.2) is 16.1 Å². The SMILES string of the molecule is Cc1ccc(C(=O)Nc2nnc(N)s2)s1. The highest BCUT2D eigenvalue weighted by molar-refractivity contribution is 7.19. The van der Waals surface area contributed by atoms with E-state index < -0.39 is 0 Å². The van der Waals surface area contributed by atoms with Crippen molar-refractivity contribution < 1.29 is 4.79 Å². The first-order chi connectivity index (χ1) is 7.15. The van der Waals surface area contributed by atoms with E-state index in [1.807, 2.05) is 13.0 Å². The summed E-state index contributed by atoms with van der Waals surface area (Å²) in [6.45, 7) is 1.95. The second-order valence-corrected chi connectivity index (χ2v) is 5.11. The van der Waals surface area contributed by atoms with Crippen molar-refractivity contribution in [2.45, 2.75) is 6.92 Å². The van der Waals surface area contributed by atoms with Gasteiger partial charge in [0.05, 0.1) is 4.88 Å². The number of anilines is 2. The van der Waals surface area contributed by atoms with Crippen LogP contribution in [0, 0.1) is 6.92 Å². The minimum absolute atomic E-state index is 0.177. The van der Waals surface area contributed by atoms with Crippen LogP contribution in [0.4, 0.5) is 10.3 Å². The Labute approximate surface area is 94.0 Å². The smallest absolute Gasteiger partial charge is 0.267 e. The van der Waals surface area contributed by atoms with E-state index in [0.29, 0.717) is 15.1 Å². The number of nitrogens with two attached hydrogens (primary N) is 1. The lowest BCUT2D eigenvalue weighted by Gasteiger charge is -1.95. The number of carbonyl (C=O) groups excluding carboxylic acids is 1. The number of aryl methyl sites for hydroxylation is 1. The van der Waals surface area contributed by atoms with Gasteiger partial charge in [-0.05, 0) is 19.1 Å². The molecule has 3 N–H and O–H groups in total. The number of nitrogen functional groups attached to an aromatic ring is 1. The van der Waals surface area contributed by atoms with Crippen LogP contribution < -0.4 is 11.1 Å². The summed E-state index contributed by atoms with van der Waals surface area (Å²) in [5.41, 5.74) is 5.39. The van der Waals surface area contributed by atoms with Gasteiger partial charge in [0.25, 0.3) is 5.91 Å². The van der Waals surface area contributed by atoms with Crippen LogP contribution in [0.5, 0.6) is 0 Å². The summed E-state index contributed by atoms with van der Waals surface area (Å²) < 4.78 is 0. The van der Waals surface area contributed by atoms with Gasteiger partial charge in [0.2, 0.25) is 10.3 Å². The predicted molar refractivity (Wildman–Crippen MR) is 61.3 cm³/mol. The van der Waals surface area contributed by atoms with Gasteiger partial charge in [-0.25, -0.2) is 0 Å². The number of thiophene rings is 1. The van der Waals surface area contributed by atoms with Crippen LogP contribution in [0.1, 0.15) is 14.5 Å². The van der Waals surface area contributed by atoms with Crippen molar-refractivity contribution in [2.75, 3.05) is 11.1 Å². The average molecular weight is 240 g/mol. The Hall–Kier alpha value is -1.47. The standard InChI is InChI=1S/C8H8N4OS2/c1-4-2-3-5(14-4)6(13)10-8-12-11-7(9)15-8/h2-3H,1H3,(H2,9,11)(H,10,12,13). The molecule has 0 aliphatic rings. The zero-order chi connectivity index (χ0) is 10.8. The summed E-state index contributed by atoms with van der Waals surface area (Å²) in [5.74, 6) is -0.177. The van der Waals surface area contributed by atoms with Crippen LogP contribution in [0.2, 0.25) is 0 Å². The molecule has 0 aliphatic carbocycles. The number of carbonyl (C=O) groups is 1. The first-order valence-corrected chi connectivity index (χ1v) is 5.75. The molecule has 7 heteroatoms. The van der Waals surface area contributed by atoms with Gasteiger partial charge in [-0.1, -0.05) is 11.3 Å². The highest BCUT2D eigenvalue weighted by Crippen LogP contribution is 2.20. The summed E-state index contributed by atoms with van der Waals surface area (Å²) in [6.07, 6.45) is 0. The third-order valence-electron chi connectivity index (χ3n) is 1.63. The molecule has 2 aromatic rings. The molecule has 0 atom stereocenters. The predicted octanol–water partition coefficient (Wildman–Crippen LogP) is 1.74. The normalized spacial score (nSPS) is 10.2. The molecular weight excluding hydrogens is 232 g/mol. The molecule has 2 heterocycles. The molecule has 78 valence electrons. The van der Waals surface area contributed by atoms with Gasteiger partial charge in [0.15, 0.2) is 0 Å².